The van der Waals surface area contributed by atoms with Gasteiger partial charge >= 0.3 is 0 Å². The summed E-state index contributed by atoms with van der Waals surface area (Å²) >= 11 is 0. The fourth-order valence-electron chi connectivity index (χ4n) is 2.63. The van der Waals surface area contributed by atoms with Crippen molar-refractivity contribution >= 4 is 29.9 Å². The molecule has 1 aliphatic carbocycles. The summed E-state index contributed by atoms with van der Waals surface area (Å²) in [4.78, 5) is 6.58. The van der Waals surface area contributed by atoms with Crippen LogP contribution >= 0.6 is 24.0 Å². The topological polar surface area (TPSA) is 40.8 Å². The van der Waals surface area contributed by atoms with Crippen LogP contribution in [0.5, 0.6) is 0 Å². The van der Waals surface area contributed by atoms with E-state index in [2.05, 4.69) is 34.4 Å². The first-order valence-corrected chi connectivity index (χ1v) is 7.38. The average molecular weight is 403 g/mol. The van der Waals surface area contributed by atoms with Crippen LogP contribution in [-0.4, -0.2) is 38.0 Å². The fourth-order valence-corrected chi connectivity index (χ4v) is 2.63. The van der Waals surface area contributed by atoms with Gasteiger partial charge in [0.05, 0.1) is 6.26 Å². The summed E-state index contributed by atoms with van der Waals surface area (Å²) in [7, 11) is 3.95. The van der Waals surface area contributed by atoms with Crippen LogP contribution in [0.2, 0.25) is 0 Å². The fraction of sp³-hybridized carbons (Fsp3) is 0.562. The highest BCUT2D eigenvalue weighted by Gasteiger charge is 2.14. The maximum absolute atomic E-state index is 5.33. The smallest absolute Gasteiger partial charge is 0.193 e. The van der Waals surface area contributed by atoms with Crippen LogP contribution in [0.25, 0.3) is 0 Å². The van der Waals surface area contributed by atoms with Crippen molar-refractivity contribution in [2.24, 2.45) is 10.9 Å². The maximum Gasteiger partial charge on any atom is 0.193 e. The van der Waals surface area contributed by atoms with Gasteiger partial charge in [0.1, 0.15) is 5.76 Å². The van der Waals surface area contributed by atoms with Crippen molar-refractivity contribution < 1.29 is 4.42 Å². The SMILES string of the molecule is CN=C(NCCc1ccco1)N(C)CC1CC=CCC1.I. The van der Waals surface area contributed by atoms with Gasteiger partial charge in [0.25, 0.3) is 0 Å². The van der Waals surface area contributed by atoms with Crippen molar-refractivity contribution in [2.75, 3.05) is 27.2 Å². The average Bonchev–Trinajstić information content (AvgIpc) is 2.98. The van der Waals surface area contributed by atoms with E-state index < -0.39 is 0 Å². The third-order valence-electron chi connectivity index (χ3n) is 3.72. The molecule has 1 heterocycles. The van der Waals surface area contributed by atoms with Crippen LogP contribution in [0.1, 0.15) is 25.0 Å². The van der Waals surface area contributed by atoms with Gasteiger partial charge in [0.2, 0.25) is 0 Å². The lowest BCUT2D eigenvalue weighted by atomic mass is 9.94. The van der Waals surface area contributed by atoms with E-state index in [9.17, 15) is 0 Å². The molecule has 0 fully saturated rings. The summed E-state index contributed by atoms with van der Waals surface area (Å²) < 4.78 is 5.33. The van der Waals surface area contributed by atoms with Crippen LogP contribution in [0.15, 0.2) is 40.0 Å². The number of nitrogens with zero attached hydrogens (tertiary/aromatic N) is 2. The Morgan fingerprint density at radius 1 is 1.48 bits per heavy atom. The molecule has 0 spiro atoms. The standard InChI is InChI=1S/C16H25N3O.HI/c1-17-16(18-11-10-15-9-6-12-20-15)19(2)13-14-7-4-3-5-8-14;/h3-4,6,9,12,14H,5,7-8,10-11,13H2,1-2H3,(H,17,18);1H. The van der Waals surface area contributed by atoms with Crippen molar-refractivity contribution in [1.82, 2.24) is 10.2 Å². The summed E-state index contributed by atoms with van der Waals surface area (Å²) in [5.41, 5.74) is 0. The summed E-state index contributed by atoms with van der Waals surface area (Å²) in [5.74, 6) is 2.72. The zero-order valence-electron chi connectivity index (χ0n) is 12.9. The summed E-state index contributed by atoms with van der Waals surface area (Å²) in [6.07, 6.45) is 10.9. The van der Waals surface area contributed by atoms with E-state index in [-0.39, 0.29) is 24.0 Å². The van der Waals surface area contributed by atoms with Crippen molar-refractivity contribution in [2.45, 2.75) is 25.7 Å². The number of rotatable bonds is 5. The van der Waals surface area contributed by atoms with Gasteiger partial charge in [-0.1, -0.05) is 12.2 Å². The minimum absolute atomic E-state index is 0. The Bertz CT molecular complexity index is 442. The third-order valence-corrected chi connectivity index (χ3v) is 3.72. The Balaban J connectivity index is 0.00000220. The van der Waals surface area contributed by atoms with Crippen LogP contribution < -0.4 is 5.32 Å². The summed E-state index contributed by atoms with van der Waals surface area (Å²) in [6, 6.07) is 3.93. The maximum atomic E-state index is 5.33. The molecule has 1 aromatic rings. The van der Waals surface area contributed by atoms with Gasteiger partial charge in [-0.15, -0.1) is 24.0 Å². The number of hydrogen-bond donors (Lipinski definition) is 1. The van der Waals surface area contributed by atoms with E-state index in [4.69, 9.17) is 4.42 Å². The molecule has 1 atom stereocenters. The molecule has 0 aliphatic heterocycles. The molecule has 0 saturated carbocycles. The second-order valence-electron chi connectivity index (χ2n) is 5.33. The Hall–Kier alpha value is -0.980. The van der Waals surface area contributed by atoms with Gasteiger partial charge in [0.15, 0.2) is 5.96 Å². The molecular formula is C16H26IN3O. The summed E-state index contributed by atoms with van der Waals surface area (Å²) in [5, 5.41) is 3.39. The predicted octanol–water partition coefficient (Wildman–Crippen LogP) is 3.30. The zero-order valence-corrected chi connectivity index (χ0v) is 15.2. The van der Waals surface area contributed by atoms with Gasteiger partial charge in [0, 0.05) is 33.6 Å². The van der Waals surface area contributed by atoms with Crippen molar-refractivity contribution in [3.8, 4) is 0 Å². The Labute approximate surface area is 144 Å². The second-order valence-corrected chi connectivity index (χ2v) is 5.33. The number of guanidine groups is 1. The Morgan fingerprint density at radius 2 is 2.33 bits per heavy atom. The lowest BCUT2D eigenvalue weighted by molar-refractivity contribution is 0.352. The number of furan rings is 1. The van der Waals surface area contributed by atoms with E-state index in [1.807, 2.05) is 19.2 Å². The van der Waals surface area contributed by atoms with Gasteiger partial charge in [-0.25, -0.2) is 0 Å². The van der Waals surface area contributed by atoms with Crippen molar-refractivity contribution in [3.63, 3.8) is 0 Å². The van der Waals surface area contributed by atoms with Crippen molar-refractivity contribution in [1.29, 1.82) is 0 Å². The third kappa shape index (κ3) is 6.11. The number of aliphatic imine (C=N–C) groups is 1. The first-order chi connectivity index (χ1) is 9.79. The van der Waals surface area contributed by atoms with Gasteiger partial charge in [-0.2, -0.15) is 0 Å². The first kappa shape index (κ1) is 18.1. The molecular weight excluding hydrogens is 377 g/mol. The highest BCUT2D eigenvalue weighted by atomic mass is 127. The quantitative estimate of drug-likeness (QED) is 0.355. The molecule has 21 heavy (non-hydrogen) atoms. The van der Waals surface area contributed by atoms with Gasteiger partial charge in [-0.3, -0.25) is 4.99 Å². The molecule has 1 aliphatic rings. The molecule has 0 bridgehead atoms. The normalized spacial score (nSPS) is 18.2. The first-order valence-electron chi connectivity index (χ1n) is 7.38. The molecule has 1 unspecified atom stereocenters. The number of nitrogens with one attached hydrogen (secondary N) is 1. The molecule has 0 saturated heterocycles. The lowest BCUT2D eigenvalue weighted by Gasteiger charge is -2.27. The molecule has 0 amide bonds. The molecule has 5 heteroatoms. The van der Waals surface area contributed by atoms with E-state index in [1.54, 1.807) is 6.26 Å². The number of hydrogen-bond acceptors (Lipinski definition) is 2. The number of halogens is 1. The van der Waals surface area contributed by atoms with E-state index in [0.717, 1.165) is 37.1 Å². The zero-order chi connectivity index (χ0) is 14.2. The second kappa shape index (κ2) is 9.87. The highest BCUT2D eigenvalue weighted by Crippen LogP contribution is 2.18. The molecule has 0 aromatic carbocycles. The number of allylic oxidation sites excluding steroid dienone is 2. The van der Waals surface area contributed by atoms with E-state index in [1.165, 1.54) is 19.3 Å². The Morgan fingerprint density at radius 3 is 2.95 bits per heavy atom. The van der Waals surface area contributed by atoms with E-state index in [0.29, 0.717) is 0 Å². The van der Waals surface area contributed by atoms with Crippen LogP contribution in [0, 0.1) is 5.92 Å². The molecule has 1 N–H and O–H groups in total. The minimum atomic E-state index is 0. The lowest BCUT2D eigenvalue weighted by Crippen LogP contribution is -2.42. The van der Waals surface area contributed by atoms with E-state index >= 15 is 0 Å². The predicted molar refractivity (Wildman–Crippen MR) is 98.3 cm³/mol. The molecule has 0 radical (unpaired) electrons. The summed E-state index contributed by atoms with van der Waals surface area (Å²) in [6.45, 7) is 1.90. The van der Waals surface area contributed by atoms with Crippen LogP contribution in [0.3, 0.4) is 0 Å². The largest absolute Gasteiger partial charge is 0.469 e. The molecule has 1 aromatic heterocycles. The monoisotopic (exact) mass is 403 g/mol. The minimum Gasteiger partial charge on any atom is -0.469 e. The molecule has 2 rings (SSSR count). The Kier molecular flexibility index (Phi) is 8.49. The van der Waals surface area contributed by atoms with Gasteiger partial charge < -0.3 is 14.6 Å². The highest BCUT2D eigenvalue weighted by molar-refractivity contribution is 14.0. The van der Waals surface area contributed by atoms with Crippen LogP contribution in [0.4, 0.5) is 0 Å². The van der Waals surface area contributed by atoms with Gasteiger partial charge in [-0.05, 0) is 37.3 Å². The van der Waals surface area contributed by atoms with Crippen LogP contribution in [-0.2, 0) is 6.42 Å². The molecule has 118 valence electrons. The molecule has 4 nitrogen and oxygen atoms in total. The van der Waals surface area contributed by atoms with Crippen molar-refractivity contribution in [3.05, 3.63) is 36.3 Å².